The molecule has 0 saturated heterocycles. The van der Waals surface area contributed by atoms with E-state index in [1.165, 1.54) is 21.3 Å². The summed E-state index contributed by atoms with van der Waals surface area (Å²) in [6, 6.07) is 8.20. The summed E-state index contributed by atoms with van der Waals surface area (Å²) in [5.41, 5.74) is 1.41. The number of phenols is 1. The number of benzene rings is 2. The molecule has 2 aromatic carbocycles. The summed E-state index contributed by atoms with van der Waals surface area (Å²) >= 11 is 0. The van der Waals surface area contributed by atoms with E-state index in [9.17, 15) is 9.90 Å². The van der Waals surface area contributed by atoms with E-state index in [1.54, 1.807) is 54.5 Å². The van der Waals surface area contributed by atoms with Crippen LogP contribution in [-0.4, -0.2) is 42.0 Å². The lowest BCUT2D eigenvalue weighted by molar-refractivity contribution is 0.103. The van der Waals surface area contributed by atoms with E-state index >= 15 is 0 Å². The van der Waals surface area contributed by atoms with E-state index in [0.717, 1.165) is 0 Å². The van der Waals surface area contributed by atoms with E-state index in [-0.39, 0.29) is 22.9 Å². The van der Waals surface area contributed by atoms with Gasteiger partial charge in [0.2, 0.25) is 5.75 Å². The van der Waals surface area contributed by atoms with Crippen LogP contribution >= 0.6 is 0 Å². The molecule has 4 aromatic rings. The second-order valence-electron chi connectivity index (χ2n) is 6.63. The average Bonchev–Trinajstić information content (AvgIpc) is 3.37. The number of furan rings is 1. The quantitative estimate of drug-likeness (QED) is 0.485. The number of nitrogens with zero attached hydrogens (tertiary/aromatic N) is 2. The SMILES string of the molecule is COc1cc(OC)cc(C(=O)c2c(-c3cnn(C)c3)oc3c(O)c(OC)ccc23)c1. The van der Waals surface area contributed by atoms with Gasteiger partial charge < -0.3 is 23.7 Å². The van der Waals surface area contributed by atoms with E-state index in [1.807, 2.05) is 0 Å². The number of aromatic nitrogens is 2. The molecule has 0 fully saturated rings. The molecular weight excluding hydrogens is 388 g/mol. The molecule has 0 spiro atoms. The number of phenolic OH excluding ortho intramolecular Hbond substituents is 1. The monoisotopic (exact) mass is 408 g/mol. The summed E-state index contributed by atoms with van der Waals surface area (Å²) in [5, 5.41) is 15.2. The summed E-state index contributed by atoms with van der Waals surface area (Å²) < 4.78 is 23.3. The van der Waals surface area contributed by atoms with Gasteiger partial charge in [-0.05, 0) is 24.3 Å². The molecule has 0 unspecified atom stereocenters. The van der Waals surface area contributed by atoms with E-state index < -0.39 is 0 Å². The van der Waals surface area contributed by atoms with Crippen molar-refractivity contribution in [2.45, 2.75) is 0 Å². The van der Waals surface area contributed by atoms with Crippen molar-refractivity contribution in [3.8, 4) is 34.3 Å². The molecule has 0 aliphatic heterocycles. The zero-order valence-corrected chi connectivity index (χ0v) is 16.9. The van der Waals surface area contributed by atoms with Crippen molar-refractivity contribution in [2.75, 3.05) is 21.3 Å². The Balaban J connectivity index is 1.99. The molecule has 0 amide bonds. The van der Waals surface area contributed by atoms with Crippen molar-refractivity contribution in [1.29, 1.82) is 0 Å². The second-order valence-corrected chi connectivity index (χ2v) is 6.63. The average molecular weight is 408 g/mol. The van der Waals surface area contributed by atoms with Gasteiger partial charge in [-0.15, -0.1) is 0 Å². The first-order valence-corrected chi connectivity index (χ1v) is 9.06. The fourth-order valence-electron chi connectivity index (χ4n) is 3.34. The predicted octanol–water partition coefficient (Wildman–Crippen LogP) is 3.80. The van der Waals surface area contributed by atoms with Crippen LogP contribution in [0.15, 0.2) is 47.1 Å². The minimum atomic E-state index is -0.311. The van der Waals surface area contributed by atoms with Crippen LogP contribution in [0.25, 0.3) is 22.3 Å². The van der Waals surface area contributed by atoms with Crippen molar-refractivity contribution >= 4 is 16.8 Å². The number of hydrogen-bond donors (Lipinski definition) is 1. The summed E-state index contributed by atoms with van der Waals surface area (Å²) in [5.74, 6) is 1.03. The Morgan fingerprint density at radius 2 is 1.77 bits per heavy atom. The molecule has 4 rings (SSSR count). The summed E-state index contributed by atoms with van der Waals surface area (Å²) in [7, 11) is 6.24. The van der Waals surface area contributed by atoms with Crippen molar-refractivity contribution in [3.63, 3.8) is 0 Å². The van der Waals surface area contributed by atoms with Gasteiger partial charge in [0.1, 0.15) is 17.3 Å². The molecule has 0 aliphatic carbocycles. The lowest BCUT2D eigenvalue weighted by Crippen LogP contribution is -2.03. The Labute approximate surface area is 172 Å². The highest BCUT2D eigenvalue weighted by molar-refractivity contribution is 6.20. The fraction of sp³-hybridized carbons (Fsp3) is 0.182. The molecule has 2 aromatic heterocycles. The van der Waals surface area contributed by atoms with Crippen molar-refractivity contribution in [2.24, 2.45) is 7.05 Å². The third-order valence-corrected chi connectivity index (χ3v) is 4.82. The van der Waals surface area contributed by atoms with Crippen LogP contribution in [-0.2, 0) is 7.05 Å². The zero-order valence-electron chi connectivity index (χ0n) is 16.9. The van der Waals surface area contributed by atoms with Gasteiger partial charge in [0, 0.05) is 30.3 Å². The fourth-order valence-corrected chi connectivity index (χ4v) is 3.34. The third-order valence-electron chi connectivity index (χ3n) is 4.82. The maximum absolute atomic E-state index is 13.6. The highest BCUT2D eigenvalue weighted by Crippen LogP contribution is 2.43. The second kappa shape index (κ2) is 7.47. The summed E-state index contributed by atoms with van der Waals surface area (Å²) in [6.07, 6.45) is 3.32. The lowest BCUT2D eigenvalue weighted by atomic mass is 9.98. The smallest absolute Gasteiger partial charge is 0.202 e. The standard InChI is InChI=1S/C22H20N2O6/c1-24-11-13(10-23-24)21-18(16-5-6-17(29-4)20(26)22(16)30-21)19(25)12-7-14(27-2)9-15(8-12)28-3/h5-11,26H,1-4H3. The lowest BCUT2D eigenvalue weighted by Gasteiger charge is -2.08. The molecule has 8 nitrogen and oxygen atoms in total. The summed E-state index contributed by atoms with van der Waals surface area (Å²) in [4.78, 5) is 13.6. The van der Waals surface area contributed by atoms with Crippen LogP contribution in [0.4, 0.5) is 0 Å². The Hall–Kier alpha value is -3.94. The van der Waals surface area contributed by atoms with E-state index in [4.69, 9.17) is 18.6 Å². The van der Waals surface area contributed by atoms with Gasteiger partial charge in [0.25, 0.3) is 0 Å². The molecule has 30 heavy (non-hydrogen) atoms. The van der Waals surface area contributed by atoms with Crippen LogP contribution in [0.5, 0.6) is 23.0 Å². The van der Waals surface area contributed by atoms with E-state index in [2.05, 4.69) is 5.10 Å². The minimum absolute atomic E-state index is 0.159. The molecular formula is C22H20N2O6. The molecule has 154 valence electrons. The minimum Gasteiger partial charge on any atom is -0.502 e. The molecule has 0 radical (unpaired) electrons. The molecule has 0 aliphatic rings. The van der Waals surface area contributed by atoms with Crippen LogP contribution < -0.4 is 14.2 Å². The van der Waals surface area contributed by atoms with Gasteiger partial charge in [0.15, 0.2) is 17.1 Å². The van der Waals surface area contributed by atoms with E-state index in [0.29, 0.717) is 39.3 Å². The Kier molecular flexibility index (Phi) is 4.83. The zero-order chi connectivity index (χ0) is 21.4. The molecule has 0 bridgehead atoms. The van der Waals surface area contributed by atoms with Gasteiger partial charge in [-0.2, -0.15) is 5.10 Å². The number of carbonyl (C=O) groups is 1. The predicted molar refractivity (Wildman–Crippen MR) is 110 cm³/mol. The number of ketones is 1. The first kappa shape index (κ1) is 19.4. The number of ether oxygens (including phenoxy) is 3. The molecule has 1 N–H and O–H groups in total. The number of hydrogen-bond acceptors (Lipinski definition) is 7. The number of rotatable bonds is 6. The highest BCUT2D eigenvalue weighted by atomic mass is 16.5. The van der Waals surface area contributed by atoms with Crippen LogP contribution in [0.3, 0.4) is 0 Å². The topological polar surface area (TPSA) is 96.0 Å². The number of methoxy groups -OCH3 is 3. The maximum atomic E-state index is 13.6. The molecule has 0 saturated carbocycles. The van der Waals surface area contributed by atoms with Gasteiger partial charge >= 0.3 is 0 Å². The number of aryl methyl sites for hydroxylation is 1. The Morgan fingerprint density at radius 3 is 2.33 bits per heavy atom. The van der Waals surface area contributed by atoms with Crippen molar-refractivity contribution < 1.29 is 28.5 Å². The molecule has 0 atom stereocenters. The largest absolute Gasteiger partial charge is 0.502 e. The number of carbonyl (C=O) groups excluding carboxylic acids is 1. The number of fused-ring (bicyclic) bond motifs is 1. The van der Waals surface area contributed by atoms with Crippen LogP contribution in [0.2, 0.25) is 0 Å². The number of aromatic hydroxyl groups is 1. The van der Waals surface area contributed by atoms with Crippen molar-refractivity contribution in [1.82, 2.24) is 9.78 Å². The summed E-state index contributed by atoms with van der Waals surface area (Å²) in [6.45, 7) is 0. The molecule has 8 heteroatoms. The third kappa shape index (κ3) is 3.12. The van der Waals surface area contributed by atoms with Gasteiger partial charge in [0.05, 0.1) is 38.7 Å². The molecule has 2 heterocycles. The van der Waals surface area contributed by atoms with Crippen LogP contribution in [0, 0.1) is 0 Å². The maximum Gasteiger partial charge on any atom is 0.202 e. The van der Waals surface area contributed by atoms with Gasteiger partial charge in [-0.3, -0.25) is 9.48 Å². The first-order chi connectivity index (χ1) is 14.5. The Morgan fingerprint density at radius 1 is 1.07 bits per heavy atom. The Bertz CT molecular complexity index is 1230. The van der Waals surface area contributed by atoms with Crippen molar-refractivity contribution in [3.05, 3.63) is 53.9 Å². The normalized spacial score (nSPS) is 10.9. The first-order valence-electron chi connectivity index (χ1n) is 9.06. The van der Waals surface area contributed by atoms with Crippen LogP contribution in [0.1, 0.15) is 15.9 Å². The highest BCUT2D eigenvalue weighted by Gasteiger charge is 2.27. The van der Waals surface area contributed by atoms with Gasteiger partial charge in [-0.1, -0.05) is 0 Å². The van der Waals surface area contributed by atoms with Gasteiger partial charge in [-0.25, -0.2) is 0 Å².